The van der Waals surface area contributed by atoms with Crippen molar-refractivity contribution in [1.82, 2.24) is 15.2 Å². The first-order valence-corrected chi connectivity index (χ1v) is 9.89. The van der Waals surface area contributed by atoms with Gasteiger partial charge in [-0.3, -0.25) is 9.59 Å². The molecule has 1 aliphatic rings. The van der Waals surface area contributed by atoms with Crippen LogP contribution >= 0.6 is 11.3 Å². The Hall–Kier alpha value is -2.21. The third-order valence-electron chi connectivity index (χ3n) is 4.88. The van der Waals surface area contributed by atoms with Crippen LogP contribution in [0.2, 0.25) is 0 Å². The molecule has 1 N–H and O–H groups in total. The minimum Gasteiger partial charge on any atom is -0.356 e. The molecule has 6 heteroatoms. The number of piperidine rings is 1. The molecular weight excluding hydrogens is 346 g/mol. The molecule has 0 atom stereocenters. The summed E-state index contributed by atoms with van der Waals surface area (Å²) in [4.78, 5) is 30.3. The number of benzene rings is 1. The summed E-state index contributed by atoms with van der Waals surface area (Å²) in [6.07, 6.45) is 1.83. The molecule has 0 bridgehead atoms. The van der Waals surface area contributed by atoms with Crippen LogP contribution in [0.5, 0.6) is 0 Å². The maximum atomic E-state index is 12.8. The molecule has 0 unspecified atom stereocenters. The van der Waals surface area contributed by atoms with Crippen LogP contribution in [-0.4, -0.2) is 41.3 Å². The normalized spacial score (nSPS) is 15.1. The standard InChI is InChI=1S/C20H25N3O2S/c1-13-4-5-17(14(2)10-13)19-22-18(12-26-19)20(25)23-8-6-16(7-9-23)11-21-15(3)24/h4-5,10,12,16H,6-9,11H2,1-3H3,(H,21,24). The summed E-state index contributed by atoms with van der Waals surface area (Å²) in [5.41, 5.74) is 4.03. The number of hydrogen-bond donors (Lipinski definition) is 1. The first-order chi connectivity index (χ1) is 12.4. The molecule has 1 aromatic heterocycles. The molecule has 1 aliphatic heterocycles. The quantitative estimate of drug-likeness (QED) is 0.896. The largest absolute Gasteiger partial charge is 0.356 e. The lowest BCUT2D eigenvalue weighted by Gasteiger charge is -2.31. The molecular formula is C20H25N3O2S. The Labute approximate surface area is 158 Å². The summed E-state index contributed by atoms with van der Waals surface area (Å²) in [5, 5.41) is 5.62. The van der Waals surface area contributed by atoms with Crippen LogP contribution in [0.4, 0.5) is 0 Å². The van der Waals surface area contributed by atoms with Crippen molar-refractivity contribution in [3.8, 4) is 10.6 Å². The van der Waals surface area contributed by atoms with E-state index in [4.69, 9.17) is 0 Å². The van der Waals surface area contributed by atoms with Gasteiger partial charge in [0.25, 0.3) is 5.91 Å². The van der Waals surface area contributed by atoms with Crippen molar-refractivity contribution in [3.05, 3.63) is 40.4 Å². The highest BCUT2D eigenvalue weighted by molar-refractivity contribution is 7.13. The molecule has 2 aromatic rings. The van der Waals surface area contributed by atoms with E-state index in [0.29, 0.717) is 18.2 Å². The minimum absolute atomic E-state index is 0.00454. The molecule has 0 radical (unpaired) electrons. The molecule has 0 aliphatic carbocycles. The first-order valence-electron chi connectivity index (χ1n) is 9.01. The summed E-state index contributed by atoms with van der Waals surface area (Å²) in [7, 11) is 0. The molecule has 2 heterocycles. The third-order valence-corrected chi connectivity index (χ3v) is 5.75. The Balaban J connectivity index is 1.63. The summed E-state index contributed by atoms with van der Waals surface area (Å²) in [6.45, 7) is 7.83. The van der Waals surface area contributed by atoms with Gasteiger partial charge in [0.1, 0.15) is 10.7 Å². The molecule has 1 aromatic carbocycles. The van der Waals surface area contributed by atoms with Crippen LogP contribution in [0, 0.1) is 19.8 Å². The number of rotatable bonds is 4. The smallest absolute Gasteiger partial charge is 0.273 e. The van der Waals surface area contributed by atoms with Crippen molar-refractivity contribution < 1.29 is 9.59 Å². The number of carbonyl (C=O) groups is 2. The first kappa shape index (κ1) is 18.6. The van der Waals surface area contributed by atoms with Gasteiger partial charge in [0.15, 0.2) is 0 Å². The Morgan fingerprint density at radius 2 is 2.00 bits per heavy atom. The van der Waals surface area contributed by atoms with Crippen molar-refractivity contribution in [2.45, 2.75) is 33.6 Å². The number of nitrogens with one attached hydrogen (secondary N) is 1. The van der Waals surface area contributed by atoms with Gasteiger partial charge < -0.3 is 10.2 Å². The second-order valence-corrected chi connectivity index (χ2v) is 7.89. The van der Waals surface area contributed by atoms with E-state index in [0.717, 1.165) is 36.5 Å². The number of nitrogens with zero attached hydrogens (tertiary/aromatic N) is 2. The molecule has 2 amide bonds. The average molecular weight is 372 g/mol. The number of aryl methyl sites for hydroxylation is 2. The van der Waals surface area contributed by atoms with Crippen LogP contribution in [-0.2, 0) is 4.79 Å². The molecule has 0 spiro atoms. The Bertz CT molecular complexity index is 807. The number of aromatic nitrogens is 1. The Kier molecular flexibility index (Phi) is 5.71. The van der Waals surface area contributed by atoms with Crippen molar-refractivity contribution >= 4 is 23.2 Å². The lowest BCUT2D eigenvalue weighted by Crippen LogP contribution is -2.41. The monoisotopic (exact) mass is 371 g/mol. The van der Waals surface area contributed by atoms with Crippen molar-refractivity contribution in [3.63, 3.8) is 0 Å². The summed E-state index contributed by atoms with van der Waals surface area (Å²) >= 11 is 1.52. The second kappa shape index (κ2) is 7.99. The van der Waals surface area contributed by atoms with Gasteiger partial charge in [-0.1, -0.05) is 23.8 Å². The topological polar surface area (TPSA) is 62.3 Å². The fourth-order valence-corrected chi connectivity index (χ4v) is 4.22. The van der Waals surface area contributed by atoms with Crippen LogP contribution in [0.3, 0.4) is 0 Å². The Morgan fingerprint density at radius 3 is 2.65 bits per heavy atom. The zero-order valence-electron chi connectivity index (χ0n) is 15.5. The van der Waals surface area contributed by atoms with E-state index >= 15 is 0 Å². The van der Waals surface area contributed by atoms with Crippen LogP contribution in [0.25, 0.3) is 10.6 Å². The van der Waals surface area contributed by atoms with Gasteiger partial charge in [-0.15, -0.1) is 11.3 Å². The second-order valence-electron chi connectivity index (χ2n) is 7.03. The highest BCUT2D eigenvalue weighted by Gasteiger charge is 2.25. The highest BCUT2D eigenvalue weighted by atomic mass is 32.1. The maximum Gasteiger partial charge on any atom is 0.273 e. The number of carbonyl (C=O) groups excluding carboxylic acids is 2. The minimum atomic E-state index is 0.00454. The zero-order chi connectivity index (χ0) is 18.7. The summed E-state index contributed by atoms with van der Waals surface area (Å²) in [6, 6.07) is 6.29. The third kappa shape index (κ3) is 4.30. The molecule has 0 saturated carbocycles. The van der Waals surface area contributed by atoms with Crippen molar-refractivity contribution in [1.29, 1.82) is 0 Å². The number of likely N-dealkylation sites (tertiary alicyclic amines) is 1. The van der Waals surface area contributed by atoms with Crippen LogP contribution < -0.4 is 5.32 Å². The van der Waals surface area contributed by atoms with Gasteiger partial charge in [0, 0.05) is 37.5 Å². The fourth-order valence-electron chi connectivity index (χ4n) is 3.34. The van der Waals surface area contributed by atoms with E-state index in [-0.39, 0.29) is 11.8 Å². The molecule has 1 fully saturated rings. The summed E-state index contributed by atoms with van der Waals surface area (Å²) in [5.74, 6) is 0.462. The van der Waals surface area contributed by atoms with Crippen molar-refractivity contribution in [2.75, 3.05) is 19.6 Å². The lowest BCUT2D eigenvalue weighted by molar-refractivity contribution is -0.119. The van der Waals surface area contributed by atoms with E-state index in [1.807, 2.05) is 10.3 Å². The summed E-state index contributed by atoms with van der Waals surface area (Å²) < 4.78 is 0. The highest BCUT2D eigenvalue weighted by Crippen LogP contribution is 2.28. The van der Waals surface area contributed by atoms with E-state index in [1.165, 1.54) is 29.4 Å². The molecule has 1 saturated heterocycles. The van der Waals surface area contributed by atoms with E-state index < -0.39 is 0 Å². The van der Waals surface area contributed by atoms with E-state index in [1.54, 1.807) is 0 Å². The molecule has 5 nitrogen and oxygen atoms in total. The Morgan fingerprint density at radius 1 is 1.27 bits per heavy atom. The zero-order valence-corrected chi connectivity index (χ0v) is 16.4. The predicted octanol–water partition coefficient (Wildman–Crippen LogP) is 3.42. The van der Waals surface area contributed by atoms with Crippen LogP contribution in [0.15, 0.2) is 23.6 Å². The number of amides is 2. The molecule has 3 rings (SSSR count). The van der Waals surface area contributed by atoms with Gasteiger partial charge in [-0.05, 0) is 38.2 Å². The fraction of sp³-hybridized carbons (Fsp3) is 0.450. The molecule has 138 valence electrons. The van der Waals surface area contributed by atoms with Gasteiger partial charge >= 0.3 is 0 Å². The maximum absolute atomic E-state index is 12.8. The predicted molar refractivity (Wildman–Crippen MR) is 104 cm³/mol. The molecule has 26 heavy (non-hydrogen) atoms. The van der Waals surface area contributed by atoms with Gasteiger partial charge in [0.2, 0.25) is 5.91 Å². The van der Waals surface area contributed by atoms with Gasteiger partial charge in [0.05, 0.1) is 0 Å². The SMILES string of the molecule is CC(=O)NCC1CCN(C(=O)c2csc(-c3ccc(C)cc3C)n2)CC1. The van der Waals surface area contributed by atoms with E-state index in [2.05, 4.69) is 42.3 Å². The lowest BCUT2D eigenvalue weighted by atomic mass is 9.96. The van der Waals surface area contributed by atoms with Crippen molar-refractivity contribution in [2.24, 2.45) is 5.92 Å². The van der Waals surface area contributed by atoms with E-state index in [9.17, 15) is 9.59 Å². The van der Waals surface area contributed by atoms with Gasteiger partial charge in [-0.2, -0.15) is 0 Å². The van der Waals surface area contributed by atoms with Crippen LogP contribution in [0.1, 0.15) is 41.4 Å². The number of thiazole rings is 1. The average Bonchev–Trinajstić information content (AvgIpc) is 3.09. The van der Waals surface area contributed by atoms with Gasteiger partial charge in [-0.25, -0.2) is 4.98 Å². The number of hydrogen-bond acceptors (Lipinski definition) is 4.